The van der Waals surface area contributed by atoms with Crippen molar-refractivity contribution in [1.82, 2.24) is 20.4 Å². The number of aryl methyl sites for hydroxylation is 2. The Balaban J connectivity index is 1.88. The molecule has 0 atom stereocenters. The molecule has 0 saturated carbocycles. The van der Waals surface area contributed by atoms with E-state index in [0.29, 0.717) is 30.4 Å². The van der Waals surface area contributed by atoms with Crippen LogP contribution in [0.25, 0.3) is 0 Å². The molecule has 0 bridgehead atoms. The van der Waals surface area contributed by atoms with Crippen molar-refractivity contribution < 1.29 is 18.3 Å². The first kappa shape index (κ1) is 21.5. The molecular weight excluding hydrogens is 368 g/mol. The van der Waals surface area contributed by atoms with E-state index in [9.17, 15) is 8.78 Å². The van der Waals surface area contributed by atoms with E-state index >= 15 is 0 Å². The van der Waals surface area contributed by atoms with E-state index in [4.69, 9.17) is 4.74 Å². The lowest BCUT2D eigenvalue weighted by Gasteiger charge is -2.17. The smallest absolute Gasteiger partial charge is 0.387 e. The van der Waals surface area contributed by atoms with Gasteiger partial charge in [-0.15, -0.1) is 0 Å². The van der Waals surface area contributed by atoms with Crippen molar-refractivity contribution in [3.8, 4) is 11.5 Å². The highest BCUT2D eigenvalue weighted by atomic mass is 19.3. The first-order valence-electron chi connectivity index (χ1n) is 9.15. The molecule has 0 radical (unpaired) electrons. The van der Waals surface area contributed by atoms with Gasteiger partial charge in [0.2, 0.25) is 0 Å². The standard InChI is InChI=1S/C19H27F2N5O2/c1-4-27-16-9-5-8-15(17(16)28-18(20)21)12-24-19(22-2)23-10-6-7-14-11-25-26(3)13-14/h5,8-9,11,13,18H,4,6-7,10,12H2,1-3H3,(H2,22,23,24). The van der Waals surface area contributed by atoms with Crippen LogP contribution in [-0.2, 0) is 20.0 Å². The zero-order chi connectivity index (χ0) is 20.4. The molecule has 28 heavy (non-hydrogen) atoms. The summed E-state index contributed by atoms with van der Waals surface area (Å²) in [5.74, 6) is 0.913. The third kappa shape index (κ3) is 6.71. The monoisotopic (exact) mass is 395 g/mol. The molecule has 1 aromatic heterocycles. The van der Waals surface area contributed by atoms with Gasteiger partial charge < -0.3 is 20.1 Å². The number of benzene rings is 1. The summed E-state index contributed by atoms with van der Waals surface area (Å²) in [5.41, 5.74) is 1.73. The van der Waals surface area contributed by atoms with Crippen LogP contribution in [0.2, 0.25) is 0 Å². The van der Waals surface area contributed by atoms with Crippen LogP contribution in [0.1, 0.15) is 24.5 Å². The Hall–Kier alpha value is -2.84. The van der Waals surface area contributed by atoms with Gasteiger partial charge in [0.05, 0.1) is 12.8 Å². The number of aromatic nitrogens is 2. The van der Waals surface area contributed by atoms with Crippen LogP contribution < -0.4 is 20.1 Å². The molecule has 1 heterocycles. The van der Waals surface area contributed by atoms with Gasteiger partial charge >= 0.3 is 6.61 Å². The molecule has 7 nitrogen and oxygen atoms in total. The van der Waals surface area contributed by atoms with Gasteiger partial charge in [0, 0.05) is 38.9 Å². The molecular formula is C19H27F2N5O2. The second kappa shape index (κ2) is 11.1. The second-order valence-electron chi connectivity index (χ2n) is 6.03. The highest BCUT2D eigenvalue weighted by Gasteiger charge is 2.16. The van der Waals surface area contributed by atoms with Gasteiger partial charge in [-0.05, 0) is 31.4 Å². The molecule has 2 rings (SSSR count). The number of nitrogens with zero attached hydrogens (tertiary/aromatic N) is 3. The fraction of sp³-hybridized carbons (Fsp3) is 0.474. The lowest BCUT2D eigenvalue weighted by Crippen LogP contribution is -2.37. The van der Waals surface area contributed by atoms with E-state index in [1.165, 1.54) is 5.56 Å². The largest absolute Gasteiger partial charge is 0.490 e. The number of hydrogen-bond acceptors (Lipinski definition) is 4. The van der Waals surface area contributed by atoms with Gasteiger partial charge in [-0.25, -0.2) is 0 Å². The van der Waals surface area contributed by atoms with Crippen molar-refractivity contribution in [3.05, 3.63) is 41.7 Å². The van der Waals surface area contributed by atoms with Gasteiger partial charge in [-0.2, -0.15) is 13.9 Å². The van der Waals surface area contributed by atoms with Crippen LogP contribution in [0.3, 0.4) is 0 Å². The molecule has 0 fully saturated rings. The Morgan fingerprint density at radius 1 is 1.32 bits per heavy atom. The summed E-state index contributed by atoms with van der Waals surface area (Å²) in [6.45, 7) is 0.203. The molecule has 0 aliphatic rings. The van der Waals surface area contributed by atoms with E-state index < -0.39 is 6.61 Å². The number of hydrogen-bond donors (Lipinski definition) is 2. The normalized spacial score (nSPS) is 11.6. The maximum absolute atomic E-state index is 12.8. The van der Waals surface area contributed by atoms with Crippen LogP contribution in [0.4, 0.5) is 8.78 Å². The van der Waals surface area contributed by atoms with Crippen molar-refractivity contribution in [2.24, 2.45) is 12.0 Å². The zero-order valence-corrected chi connectivity index (χ0v) is 16.4. The topological polar surface area (TPSA) is 72.7 Å². The molecule has 0 saturated heterocycles. The van der Waals surface area contributed by atoms with E-state index in [2.05, 4.69) is 25.5 Å². The van der Waals surface area contributed by atoms with Crippen molar-refractivity contribution in [3.63, 3.8) is 0 Å². The molecule has 2 N–H and O–H groups in total. The summed E-state index contributed by atoms with van der Waals surface area (Å²) < 4.78 is 37.4. The van der Waals surface area contributed by atoms with Crippen LogP contribution in [-0.4, -0.2) is 42.6 Å². The minimum Gasteiger partial charge on any atom is -0.490 e. The van der Waals surface area contributed by atoms with Crippen LogP contribution in [0.15, 0.2) is 35.6 Å². The van der Waals surface area contributed by atoms with E-state index in [1.807, 2.05) is 19.4 Å². The number of nitrogens with one attached hydrogen (secondary N) is 2. The minimum atomic E-state index is -2.93. The highest BCUT2D eigenvalue weighted by Crippen LogP contribution is 2.32. The number of alkyl halides is 2. The Kier molecular flexibility index (Phi) is 8.51. The molecule has 154 valence electrons. The molecule has 1 aromatic carbocycles. The highest BCUT2D eigenvalue weighted by molar-refractivity contribution is 5.79. The molecule has 0 unspecified atom stereocenters. The van der Waals surface area contributed by atoms with E-state index in [0.717, 1.165) is 12.8 Å². The maximum atomic E-state index is 12.8. The quantitative estimate of drug-likeness (QED) is 0.368. The summed E-state index contributed by atoms with van der Waals surface area (Å²) in [7, 11) is 3.55. The average Bonchev–Trinajstić information content (AvgIpc) is 3.08. The molecule has 0 aliphatic heterocycles. The van der Waals surface area contributed by atoms with Crippen LogP contribution in [0.5, 0.6) is 11.5 Å². The predicted octanol–water partition coefficient (Wildman–Crippen LogP) is 2.72. The van der Waals surface area contributed by atoms with E-state index in [1.54, 1.807) is 36.9 Å². The third-order valence-corrected chi connectivity index (χ3v) is 3.93. The summed E-state index contributed by atoms with van der Waals surface area (Å²) in [4.78, 5) is 4.16. The SMILES string of the molecule is CCOc1cccc(CNC(=NC)NCCCc2cnn(C)c2)c1OC(F)F. The molecule has 9 heteroatoms. The summed E-state index contributed by atoms with van der Waals surface area (Å²) in [6, 6.07) is 5.06. The number of aliphatic imine (C=N–C) groups is 1. The first-order chi connectivity index (χ1) is 13.5. The fourth-order valence-electron chi connectivity index (χ4n) is 2.69. The number of para-hydroxylation sites is 1. The maximum Gasteiger partial charge on any atom is 0.387 e. The minimum absolute atomic E-state index is 0.0406. The van der Waals surface area contributed by atoms with E-state index in [-0.39, 0.29) is 12.3 Å². The van der Waals surface area contributed by atoms with Crippen LogP contribution in [0, 0.1) is 0 Å². The van der Waals surface area contributed by atoms with Crippen molar-refractivity contribution in [1.29, 1.82) is 0 Å². The molecule has 2 aromatic rings. The summed E-state index contributed by atoms with van der Waals surface area (Å²) >= 11 is 0. The Morgan fingerprint density at radius 3 is 2.79 bits per heavy atom. The van der Waals surface area contributed by atoms with Crippen molar-refractivity contribution in [2.75, 3.05) is 20.2 Å². The number of guanidine groups is 1. The summed E-state index contributed by atoms with van der Waals surface area (Å²) in [6.07, 6.45) is 5.65. The molecule has 0 aliphatic carbocycles. The lowest BCUT2D eigenvalue weighted by atomic mass is 10.2. The average molecular weight is 395 g/mol. The Morgan fingerprint density at radius 2 is 2.14 bits per heavy atom. The number of ether oxygens (including phenoxy) is 2. The Bertz CT molecular complexity index is 765. The number of halogens is 2. The van der Waals surface area contributed by atoms with Crippen molar-refractivity contribution >= 4 is 5.96 Å². The second-order valence-corrected chi connectivity index (χ2v) is 6.03. The van der Waals surface area contributed by atoms with Gasteiger partial charge in [0.1, 0.15) is 0 Å². The van der Waals surface area contributed by atoms with Crippen LogP contribution >= 0.6 is 0 Å². The van der Waals surface area contributed by atoms with Gasteiger partial charge in [-0.1, -0.05) is 12.1 Å². The summed E-state index contributed by atoms with van der Waals surface area (Å²) in [5, 5.41) is 10.5. The first-order valence-corrected chi connectivity index (χ1v) is 9.15. The van der Waals surface area contributed by atoms with Gasteiger partial charge in [0.25, 0.3) is 0 Å². The molecule has 0 spiro atoms. The third-order valence-electron chi connectivity index (χ3n) is 3.93. The fourth-order valence-corrected chi connectivity index (χ4v) is 2.69. The van der Waals surface area contributed by atoms with Gasteiger partial charge in [-0.3, -0.25) is 9.67 Å². The lowest BCUT2D eigenvalue weighted by molar-refractivity contribution is -0.0520. The Labute approximate surface area is 163 Å². The van der Waals surface area contributed by atoms with Gasteiger partial charge in [0.15, 0.2) is 17.5 Å². The predicted molar refractivity (Wildman–Crippen MR) is 104 cm³/mol. The molecule has 0 amide bonds. The zero-order valence-electron chi connectivity index (χ0n) is 16.4. The van der Waals surface area contributed by atoms with Crippen molar-refractivity contribution in [2.45, 2.75) is 32.9 Å². The number of rotatable bonds is 10.